The molecule has 0 aliphatic heterocycles. The number of unbranched alkanes of at least 4 members (excludes halogenated alkanes) is 1. The third-order valence-electron chi connectivity index (χ3n) is 2.26. The van der Waals surface area contributed by atoms with Gasteiger partial charge >= 0.3 is 0 Å². The largest absolute Gasteiger partial charge is 0.327 e. The Hall–Kier alpha value is -0.930. The molecule has 0 saturated carbocycles. The molecule has 1 atom stereocenters. The van der Waals surface area contributed by atoms with Crippen LogP contribution in [-0.2, 0) is 6.42 Å². The molecule has 0 fully saturated rings. The van der Waals surface area contributed by atoms with Gasteiger partial charge in [0.2, 0.25) is 0 Å². The summed E-state index contributed by atoms with van der Waals surface area (Å²) >= 11 is 0. The van der Waals surface area contributed by atoms with E-state index in [1.54, 1.807) is 0 Å². The summed E-state index contributed by atoms with van der Waals surface area (Å²) < 4.78 is 0. The molecule has 1 aromatic rings. The van der Waals surface area contributed by atoms with Gasteiger partial charge in [0.05, 0.1) is 0 Å². The number of nitrogens with zero attached hydrogens (tertiary/aromatic N) is 1. The maximum absolute atomic E-state index is 5.63. The molecule has 0 bridgehead atoms. The lowest BCUT2D eigenvalue weighted by Crippen LogP contribution is -2.31. The van der Waals surface area contributed by atoms with Crippen LogP contribution < -0.4 is 11.1 Å². The molecule has 84 valence electrons. The zero-order valence-electron chi connectivity index (χ0n) is 9.45. The van der Waals surface area contributed by atoms with E-state index in [1.165, 1.54) is 18.4 Å². The van der Waals surface area contributed by atoms with Crippen molar-refractivity contribution in [1.29, 1.82) is 0 Å². The Labute approximate surface area is 92.1 Å². The third kappa shape index (κ3) is 6.20. The van der Waals surface area contributed by atoms with Gasteiger partial charge in [-0.05, 0) is 44.4 Å². The van der Waals surface area contributed by atoms with E-state index in [9.17, 15) is 0 Å². The van der Waals surface area contributed by atoms with Crippen LogP contribution in [0.3, 0.4) is 0 Å². The highest BCUT2D eigenvalue weighted by Gasteiger charge is 1.94. The molecule has 0 amide bonds. The van der Waals surface area contributed by atoms with Crippen LogP contribution in [0.4, 0.5) is 0 Å². The molecule has 3 nitrogen and oxygen atoms in total. The standard InChI is InChI=1S/C12H21N3/c1-11(13)9-14-7-3-2-5-12-6-4-8-15-10-12/h4,6,8,10-11,14H,2-3,5,7,9,13H2,1H3/t11-/m0/s1. The fraction of sp³-hybridized carbons (Fsp3) is 0.583. The molecule has 15 heavy (non-hydrogen) atoms. The summed E-state index contributed by atoms with van der Waals surface area (Å²) in [6.45, 7) is 3.98. The predicted octanol–water partition coefficient (Wildman–Crippen LogP) is 1.34. The van der Waals surface area contributed by atoms with Gasteiger partial charge in [0.1, 0.15) is 0 Å². The minimum atomic E-state index is 0.253. The van der Waals surface area contributed by atoms with Gasteiger partial charge in [-0.2, -0.15) is 0 Å². The number of hydrogen-bond donors (Lipinski definition) is 2. The van der Waals surface area contributed by atoms with Crippen LogP contribution >= 0.6 is 0 Å². The van der Waals surface area contributed by atoms with Crippen LogP contribution in [-0.4, -0.2) is 24.1 Å². The summed E-state index contributed by atoms with van der Waals surface area (Å²) in [7, 11) is 0. The molecule has 0 aromatic carbocycles. The summed E-state index contributed by atoms with van der Waals surface area (Å²) in [6, 6.07) is 4.37. The van der Waals surface area contributed by atoms with Gasteiger partial charge in [-0.25, -0.2) is 0 Å². The molecule has 0 saturated heterocycles. The van der Waals surface area contributed by atoms with E-state index in [-0.39, 0.29) is 6.04 Å². The Bertz CT molecular complexity index is 246. The Morgan fingerprint density at radius 1 is 1.47 bits per heavy atom. The average molecular weight is 207 g/mol. The quantitative estimate of drug-likeness (QED) is 0.663. The van der Waals surface area contributed by atoms with Crippen LogP contribution in [0, 0.1) is 0 Å². The van der Waals surface area contributed by atoms with Crippen LogP contribution in [0.25, 0.3) is 0 Å². The lowest BCUT2D eigenvalue weighted by molar-refractivity contribution is 0.578. The van der Waals surface area contributed by atoms with E-state index >= 15 is 0 Å². The van der Waals surface area contributed by atoms with Crippen molar-refractivity contribution in [3.63, 3.8) is 0 Å². The van der Waals surface area contributed by atoms with Crippen molar-refractivity contribution in [2.45, 2.75) is 32.2 Å². The van der Waals surface area contributed by atoms with Gasteiger partial charge in [-0.15, -0.1) is 0 Å². The van der Waals surface area contributed by atoms with Crippen LogP contribution in [0.15, 0.2) is 24.5 Å². The van der Waals surface area contributed by atoms with E-state index < -0.39 is 0 Å². The molecule has 0 aliphatic rings. The van der Waals surface area contributed by atoms with Crippen molar-refractivity contribution in [2.24, 2.45) is 5.73 Å². The molecule has 3 heteroatoms. The number of pyridine rings is 1. The Kier molecular flexibility index (Phi) is 5.97. The Morgan fingerprint density at radius 3 is 3.00 bits per heavy atom. The van der Waals surface area contributed by atoms with E-state index in [4.69, 9.17) is 5.73 Å². The van der Waals surface area contributed by atoms with Gasteiger partial charge in [0, 0.05) is 25.0 Å². The van der Waals surface area contributed by atoms with Gasteiger partial charge in [-0.1, -0.05) is 6.07 Å². The van der Waals surface area contributed by atoms with Crippen LogP contribution in [0.2, 0.25) is 0 Å². The topological polar surface area (TPSA) is 50.9 Å². The van der Waals surface area contributed by atoms with Gasteiger partial charge in [-0.3, -0.25) is 4.98 Å². The van der Waals surface area contributed by atoms with Gasteiger partial charge in [0.25, 0.3) is 0 Å². The molecule has 0 aliphatic carbocycles. The van der Waals surface area contributed by atoms with Gasteiger partial charge < -0.3 is 11.1 Å². The molecule has 1 rings (SSSR count). The van der Waals surface area contributed by atoms with E-state index in [0.29, 0.717) is 0 Å². The minimum absolute atomic E-state index is 0.253. The zero-order chi connectivity index (χ0) is 10.9. The lowest BCUT2D eigenvalue weighted by Gasteiger charge is -2.06. The molecule has 0 unspecified atom stereocenters. The highest BCUT2D eigenvalue weighted by molar-refractivity contribution is 5.08. The number of aryl methyl sites for hydroxylation is 1. The molecule has 0 radical (unpaired) electrons. The molecule has 0 spiro atoms. The number of nitrogens with two attached hydrogens (primary N) is 1. The SMILES string of the molecule is C[C@H](N)CNCCCCc1cccnc1. The molecule has 1 aromatic heterocycles. The van der Waals surface area contributed by atoms with Gasteiger partial charge in [0.15, 0.2) is 0 Å². The highest BCUT2D eigenvalue weighted by atomic mass is 14.9. The first-order valence-corrected chi connectivity index (χ1v) is 5.64. The van der Waals surface area contributed by atoms with Crippen LogP contribution in [0.5, 0.6) is 0 Å². The molecule has 3 N–H and O–H groups in total. The van der Waals surface area contributed by atoms with E-state index in [1.807, 2.05) is 25.4 Å². The molecular weight excluding hydrogens is 186 g/mol. The van der Waals surface area contributed by atoms with Crippen molar-refractivity contribution in [1.82, 2.24) is 10.3 Å². The second-order valence-electron chi connectivity index (χ2n) is 4.00. The zero-order valence-corrected chi connectivity index (χ0v) is 9.45. The second-order valence-corrected chi connectivity index (χ2v) is 4.00. The highest BCUT2D eigenvalue weighted by Crippen LogP contribution is 2.01. The Morgan fingerprint density at radius 2 is 2.33 bits per heavy atom. The molecule has 1 heterocycles. The molecular formula is C12H21N3. The van der Waals surface area contributed by atoms with E-state index in [0.717, 1.165) is 19.5 Å². The minimum Gasteiger partial charge on any atom is -0.327 e. The fourth-order valence-corrected chi connectivity index (χ4v) is 1.45. The lowest BCUT2D eigenvalue weighted by atomic mass is 10.1. The normalized spacial score (nSPS) is 12.7. The Balaban J connectivity index is 1.98. The van der Waals surface area contributed by atoms with Crippen molar-refractivity contribution < 1.29 is 0 Å². The monoisotopic (exact) mass is 207 g/mol. The van der Waals surface area contributed by atoms with Crippen LogP contribution in [0.1, 0.15) is 25.3 Å². The average Bonchev–Trinajstić information content (AvgIpc) is 2.24. The summed E-state index contributed by atoms with van der Waals surface area (Å²) in [4.78, 5) is 4.09. The summed E-state index contributed by atoms with van der Waals surface area (Å²) in [5.74, 6) is 0. The number of rotatable bonds is 7. The second kappa shape index (κ2) is 7.37. The first kappa shape index (κ1) is 12.1. The first-order chi connectivity index (χ1) is 7.29. The maximum Gasteiger partial charge on any atom is 0.0299 e. The van der Waals surface area contributed by atoms with Crippen molar-refractivity contribution in [3.8, 4) is 0 Å². The maximum atomic E-state index is 5.63. The predicted molar refractivity (Wildman–Crippen MR) is 63.7 cm³/mol. The first-order valence-electron chi connectivity index (χ1n) is 5.64. The smallest absolute Gasteiger partial charge is 0.0299 e. The summed E-state index contributed by atoms with van der Waals surface area (Å²) in [5, 5.41) is 3.33. The van der Waals surface area contributed by atoms with Crippen molar-refractivity contribution >= 4 is 0 Å². The number of nitrogens with one attached hydrogen (secondary N) is 1. The van der Waals surface area contributed by atoms with Crippen molar-refractivity contribution in [3.05, 3.63) is 30.1 Å². The third-order valence-corrected chi connectivity index (χ3v) is 2.26. The van der Waals surface area contributed by atoms with E-state index in [2.05, 4.69) is 16.4 Å². The van der Waals surface area contributed by atoms with Crippen molar-refractivity contribution in [2.75, 3.05) is 13.1 Å². The fourth-order valence-electron chi connectivity index (χ4n) is 1.45. The number of hydrogen-bond acceptors (Lipinski definition) is 3. The summed E-state index contributed by atoms with van der Waals surface area (Å²) in [6.07, 6.45) is 7.27. The summed E-state index contributed by atoms with van der Waals surface area (Å²) in [5.41, 5.74) is 6.95. The number of aromatic nitrogens is 1.